The number of allylic oxidation sites excluding steroid dienone is 1. The van der Waals surface area contributed by atoms with Gasteiger partial charge in [0.05, 0.1) is 11.7 Å². The van der Waals surface area contributed by atoms with Crippen LogP contribution in [0.5, 0.6) is 0 Å². The summed E-state index contributed by atoms with van der Waals surface area (Å²) in [6.45, 7) is 7.86. The van der Waals surface area contributed by atoms with Gasteiger partial charge in [0.1, 0.15) is 0 Å². The average molecular weight is 481 g/mol. The maximum atomic E-state index is 15.0. The highest BCUT2D eigenvalue weighted by atomic mass is 19.3. The molecule has 0 bridgehead atoms. The summed E-state index contributed by atoms with van der Waals surface area (Å²) < 4.78 is 35.3. The Morgan fingerprint density at radius 1 is 0.857 bits per heavy atom. The lowest BCUT2D eigenvalue weighted by atomic mass is 9.77. The molecule has 2 aliphatic carbocycles. The topological polar surface area (TPSA) is 9.23 Å². The molecule has 1 atom stereocenters. The number of hydrogen-bond acceptors (Lipinski definition) is 1. The summed E-state index contributed by atoms with van der Waals surface area (Å²) in [7, 11) is 0. The third kappa shape index (κ3) is 6.82. The largest absolute Gasteiger partial charge is 0.383 e. The summed E-state index contributed by atoms with van der Waals surface area (Å²) in [4.78, 5) is 0. The van der Waals surface area contributed by atoms with Gasteiger partial charge in [-0.15, -0.1) is 6.58 Å². The summed E-state index contributed by atoms with van der Waals surface area (Å²) in [5, 5.41) is 0. The minimum atomic E-state index is -3.32. The molecule has 0 spiro atoms. The van der Waals surface area contributed by atoms with Crippen molar-refractivity contribution in [2.75, 3.05) is 0 Å². The number of hydrogen-bond donors (Lipinski definition) is 0. The highest BCUT2D eigenvalue weighted by molar-refractivity contribution is 5.29. The van der Waals surface area contributed by atoms with E-state index >= 15 is 8.78 Å². The van der Waals surface area contributed by atoms with E-state index in [0.717, 1.165) is 36.7 Å². The monoisotopic (exact) mass is 480 g/mol. The van der Waals surface area contributed by atoms with E-state index in [4.69, 9.17) is 4.74 Å². The first-order valence-electron chi connectivity index (χ1n) is 13.7. The van der Waals surface area contributed by atoms with Gasteiger partial charge in [0.25, 0.3) is 0 Å². The fourth-order valence-electron chi connectivity index (χ4n) is 6.08. The van der Waals surface area contributed by atoms with E-state index in [9.17, 15) is 0 Å². The Labute approximate surface area is 211 Å². The zero-order chi connectivity index (χ0) is 24.8. The van der Waals surface area contributed by atoms with Crippen LogP contribution >= 0.6 is 0 Å². The molecule has 2 aromatic carbocycles. The first-order valence-corrected chi connectivity index (χ1v) is 13.7. The second-order valence-corrected chi connectivity index (χ2v) is 11.1. The average Bonchev–Trinajstić information content (AvgIpc) is 2.88. The first-order chi connectivity index (χ1) is 16.9. The zero-order valence-electron chi connectivity index (χ0n) is 21.5. The molecule has 0 amide bonds. The highest BCUT2D eigenvalue weighted by Crippen LogP contribution is 2.40. The molecule has 35 heavy (non-hydrogen) atoms. The Balaban J connectivity index is 1.32. The molecule has 0 N–H and O–H groups in total. The maximum Gasteiger partial charge on any atom is 0.383 e. The van der Waals surface area contributed by atoms with Gasteiger partial charge in [0.15, 0.2) is 0 Å². The molecule has 2 fully saturated rings. The summed E-state index contributed by atoms with van der Waals surface area (Å²) in [5.41, 5.74) is 3.22. The van der Waals surface area contributed by atoms with Crippen molar-refractivity contribution in [1.29, 1.82) is 0 Å². The fraction of sp³-hybridized carbons (Fsp3) is 0.562. The minimum Gasteiger partial charge on any atom is -0.309 e. The number of alkyl halides is 2. The van der Waals surface area contributed by atoms with Gasteiger partial charge in [0, 0.05) is 0 Å². The smallest absolute Gasteiger partial charge is 0.309 e. The Kier molecular flexibility index (Phi) is 8.81. The normalized spacial score (nSPS) is 26.3. The summed E-state index contributed by atoms with van der Waals surface area (Å²) in [6.07, 6.45) is 10.0. The molecule has 4 rings (SSSR count). The molecular formula is C32H42F2O. The zero-order valence-corrected chi connectivity index (χ0v) is 21.5. The molecule has 3 heteroatoms. The Morgan fingerprint density at radius 3 is 1.91 bits per heavy atom. The molecule has 0 saturated heterocycles. The standard InChI is InChI=1S/C32H42F2O/c1-4-5-6-25-9-13-28(14-10-25)30-19-21-31(22-20-30)32(33,34)35-24(3)26-15-17-29(18-16-26)27-11-7-23(2)8-12-27/h4,15-25,27-28H,1,5-14H2,2-3H3. The molecule has 0 heterocycles. The van der Waals surface area contributed by atoms with Crippen LogP contribution in [0.1, 0.15) is 118 Å². The van der Waals surface area contributed by atoms with Crippen LogP contribution in [0.4, 0.5) is 8.78 Å². The predicted octanol–water partition coefficient (Wildman–Crippen LogP) is 10.0. The van der Waals surface area contributed by atoms with E-state index in [1.807, 2.05) is 30.3 Å². The quantitative estimate of drug-likeness (QED) is 0.324. The fourth-order valence-corrected chi connectivity index (χ4v) is 6.08. The van der Waals surface area contributed by atoms with Crippen molar-refractivity contribution >= 4 is 0 Å². The van der Waals surface area contributed by atoms with Crippen molar-refractivity contribution in [3.8, 4) is 0 Å². The van der Waals surface area contributed by atoms with Gasteiger partial charge in [-0.2, -0.15) is 8.78 Å². The van der Waals surface area contributed by atoms with Gasteiger partial charge in [0.2, 0.25) is 0 Å². The van der Waals surface area contributed by atoms with Crippen molar-refractivity contribution in [1.82, 2.24) is 0 Å². The van der Waals surface area contributed by atoms with E-state index in [1.165, 1.54) is 56.1 Å². The molecule has 2 saturated carbocycles. The third-order valence-corrected chi connectivity index (χ3v) is 8.56. The maximum absolute atomic E-state index is 15.0. The van der Waals surface area contributed by atoms with Crippen LogP contribution in [0.3, 0.4) is 0 Å². The lowest BCUT2D eigenvalue weighted by Gasteiger charge is -2.29. The van der Waals surface area contributed by atoms with E-state index < -0.39 is 12.2 Å². The summed E-state index contributed by atoms with van der Waals surface area (Å²) in [5.74, 6) is 2.67. The van der Waals surface area contributed by atoms with Gasteiger partial charge in [-0.05, 0) is 98.7 Å². The van der Waals surface area contributed by atoms with Crippen molar-refractivity contribution < 1.29 is 13.5 Å². The van der Waals surface area contributed by atoms with Gasteiger partial charge < -0.3 is 4.74 Å². The molecular weight excluding hydrogens is 438 g/mol. The van der Waals surface area contributed by atoms with Crippen LogP contribution in [-0.4, -0.2) is 0 Å². The lowest BCUT2D eigenvalue weighted by molar-refractivity contribution is -0.272. The Bertz CT molecular complexity index is 917. The predicted molar refractivity (Wildman–Crippen MR) is 141 cm³/mol. The molecule has 2 aromatic rings. The van der Waals surface area contributed by atoms with E-state index in [0.29, 0.717) is 11.8 Å². The van der Waals surface area contributed by atoms with Gasteiger partial charge in [-0.3, -0.25) is 0 Å². The van der Waals surface area contributed by atoms with Crippen LogP contribution in [0.2, 0.25) is 0 Å². The summed E-state index contributed by atoms with van der Waals surface area (Å²) >= 11 is 0. The van der Waals surface area contributed by atoms with Crippen LogP contribution in [0.15, 0.2) is 61.2 Å². The number of ether oxygens (including phenoxy) is 1. The SMILES string of the molecule is C=CCCC1CCC(c2ccc(C(F)(F)OC(C)c3ccc(C4CCC(C)CC4)cc3)cc2)CC1. The first kappa shape index (κ1) is 26.1. The van der Waals surface area contributed by atoms with Crippen molar-refractivity contribution in [2.24, 2.45) is 11.8 Å². The number of benzene rings is 2. The second kappa shape index (κ2) is 11.8. The lowest BCUT2D eigenvalue weighted by Crippen LogP contribution is -2.20. The van der Waals surface area contributed by atoms with Gasteiger partial charge in [-0.25, -0.2) is 0 Å². The summed E-state index contributed by atoms with van der Waals surface area (Å²) in [6, 6.07) is 15.0. The number of halogens is 2. The van der Waals surface area contributed by atoms with Crippen LogP contribution < -0.4 is 0 Å². The van der Waals surface area contributed by atoms with Gasteiger partial charge >= 0.3 is 6.11 Å². The molecule has 0 aromatic heterocycles. The second-order valence-electron chi connectivity index (χ2n) is 11.1. The van der Waals surface area contributed by atoms with Crippen LogP contribution in [0, 0.1) is 11.8 Å². The van der Waals surface area contributed by atoms with Crippen molar-refractivity contribution in [3.05, 3.63) is 83.4 Å². The molecule has 1 unspecified atom stereocenters. The van der Waals surface area contributed by atoms with E-state index in [2.05, 4.69) is 25.6 Å². The highest BCUT2D eigenvalue weighted by Gasteiger charge is 2.35. The molecule has 2 aliphatic rings. The Hall–Kier alpha value is -2.00. The van der Waals surface area contributed by atoms with E-state index in [1.54, 1.807) is 19.1 Å². The van der Waals surface area contributed by atoms with Crippen LogP contribution in [0.25, 0.3) is 0 Å². The Morgan fingerprint density at radius 2 is 1.37 bits per heavy atom. The van der Waals surface area contributed by atoms with Crippen molar-refractivity contribution in [2.45, 2.75) is 102 Å². The molecule has 0 aliphatic heterocycles. The molecule has 1 nitrogen and oxygen atoms in total. The van der Waals surface area contributed by atoms with Crippen molar-refractivity contribution in [3.63, 3.8) is 0 Å². The third-order valence-electron chi connectivity index (χ3n) is 8.56. The minimum absolute atomic E-state index is 0.0688. The molecule has 0 radical (unpaired) electrons. The van der Waals surface area contributed by atoms with E-state index in [-0.39, 0.29) is 5.56 Å². The molecule has 190 valence electrons. The number of rotatable bonds is 9. The van der Waals surface area contributed by atoms with Gasteiger partial charge in [-0.1, -0.05) is 74.4 Å². The van der Waals surface area contributed by atoms with Crippen LogP contribution in [-0.2, 0) is 10.8 Å².